The van der Waals surface area contributed by atoms with Gasteiger partial charge in [0.2, 0.25) is 0 Å². The minimum absolute atomic E-state index is 0.00137. The number of amides is 4. The summed E-state index contributed by atoms with van der Waals surface area (Å²) in [6.07, 6.45) is 0. The van der Waals surface area contributed by atoms with E-state index in [2.05, 4.69) is 21.3 Å². The second-order valence-electron chi connectivity index (χ2n) is 11.8. The largest absolute Gasteiger partial charge is 0.379 e. The lowest BCUT2D eigenvalue weighted by molar-refractivity contribution is 0.261. The summed E-state index contributed by atoms with van der Waals surface area (Å²) in [4.78, 5) is 25.8. The first-order chi connectivity index (χ1) is 26.0. The Labute approximate surface area is 310 Å². The summed E-state index contributed by atoms with van der Waals surface area (Å²) in [6, 6.07) is 40.9. The molecule has 0 unspecified atom stereocenters. The highest BCUT2D eigenvalue weighted by molar-refractivity contribution is 7.87. The number of hydrogen-bond acceptors (Lipinski definition) is 8. The van der Waals surface area contributed by atoms with Gasteiger partial charge in [-0.15, -0.1) is 0 Å². The van der Waals surface area contributed by atoms with Crippen molar-refractivity contribution in [3.05, 3.63) is 158 Å². The van der Waals surface area contributed by atoms with Gasteiger partial charge in [0.1, 0.15) is 21.3 Å². The molecule has 0 radical (unpaired) electrons. The molecule has 4 amide bonds. The fraction of sp³-hybridized carbons (Fsp3) is 0. The van der Waals surface area contributed by atoms with Crippen molar-refractivity contribution in [3.63, 3.8) is 0 Å². The number of fused-ring (bicyclic) bond motifs is 2. The van der Waals surface area contributed by atoms with Crippen molar-refractivity contribution in [1.82, 2.24) is 0 Å². The second-order valence-corrected chi connectivity index (χ2v) is 14.9. The molecule has 7 rings (SSSR count). The third-order valence-electron chi connectivity index (χ3n) is 8.01. The monoisotopic (exact) mass is 758 g/mol. The molecular formula is C40H30N4O8S2. The van der Waals surface area contributed by atoms with Crippen molar-refractivity contribution in [2.75, 3.05) is 21.3 Å². The molecule has 0 spiro atoms. The summed E-state index contributed by atoms with van der Waals surface area (Å²) in [5.74, 6) is 0.00275. The van der Waals surface area contributed by atoms with Crippen LogP contribution in [0.5, 0.6) is 11.5 Å². The van der Waals surface area contributed by atoms with Gasteiger partial charge in [0.15, 0.2) is 0 Å². The lowest BCUT2D eigenvalue weighted by Gasteiger charge is -2.13. The molecule has 0 fully saturated rings. The molecule has 0 bridgehead atoms. The van der Waals surface area contributed by atoms with E-state index in [1.807, 2.05) is 12.1 Å². The molecule has 14 heteroatoms. The predicted octanol–water partition coefficient (Wildman–Crippen LogP) is 8.82. The Morgan fingerprint density at radius 2 is 0.722 bits per heavy atom. The Morgan fingerprint density at radius 3 is 1.15 bits per heavy atom. The summed E-state index contributed by atoms with van der Waals surface area (Å²) in [6.45, 7) is 0. The Balaban J connectivity index is 0.956. The highest BCUT2D eigenvalue weighted by Crippen LogP contribution is 2.29. The molecule has 0 atom stereocenters. The van der Waals surface area contributed by atoms with Crippen molar-refractivity contribution in [2.45, 2.75) is 9.79 Å². The first-order valence-corrected chi connectivity index (χ1v) is 19.1. The molecule has 4 N–H and O–H groups in total. The van der Waals surface area contributed by atoms with Gasteiger partial charge in [-0.25, -0.2) is 9.59 Å². The van der Waals surface area contributed by atoms with E-state index in [4.69, 9.17) is 8.37 Å². The smallest absolute Gasteiger partial charge is 0.339 e. The minimum atomic E-state index is -4.19. The number of nitrogens with one attached hydrogen (secondary N) is 4. The number of carbonyl (C=O) groups excluding carboxylic acids is 2. The van der Waals surface area contributed by atoms with E-state index in [1.54, 1.807) is 103 Å². The third-order valence-corrected chi connectivity index (χ3v) is 10.6. The van der Waals surface area contributed by atoms with E-state index in [1.165, 1.54) is 42.5 Å². The summed E-state index contributed by atoms with van der Waals surface area (Å²) in [5.41, 5.74) is 1.21. The molecule has 54 heavy (non-hydrogen) atoms. The molecule has 0 aliphatic rings. The van der Waals surface area contributed by atoms with E-state index < -0.39 is 32.3 Å². The number of hydrogen-bond donors (Lipinski definition) is 4. The van der Waals surface area contributed by atoms with E-state index in [-0.39, 0.29) is 32.7 Å². The Kier molecular flexibility index (Phi) is 9.85. The van der Waals surface area contributed by atoms with Gasteiger partial charge < -0.3 is 29.6 Å². The van der Waals surface area contributed by atoms with Gasteiger partial charge in [-0.3, -0.25) is 0 Å². The molecule has 7 aromatic rings. The van der Waals surface area contributed by atoms with Gasteiger partial charge in [0.05, 0.1) is 0 Å². The summed E-state index contributed by atoms with van der Waals surface area (Å²) < 4.78 is 63.5. The van der Waals surface area contributed by atoms with Gasteiger partial charge in [-0.2, -0.15) is 16.8 Å². The van der Waals surface area contributed by atoms with Crippen LogP contribution in [0.4, 0.5) is 32.3 Å². The van der Waals surface area contributed by atoms with Crippen LogP contribution in [0.15, 0.2) is 168 Å². The van der Waals surface area contributed by atoms with Crippen molar-refractivity contribution in [2.24, 2.45) is 0 Å². The molecule has 0 aliphatic carbocycles. The Bertz CT molecular complexity index is 2580. The average molecular weight is 759 g/mol. The molecular weight excluding hydrogens is 729 g/mol. The van der Waals surface area contributed by atoms with Crippen LogP contribution in [0.3, 0.4) is 0 Å². The van der Waals surface area contributed by atoms with Crippen LogP contribution in [0, 0.1) is 0 Å². The lowest BCUT2D eigenvalue weighted by atomic mass is 10.1. The van der Waals surface area contributed by atoms with Crippen LogP contribution in [0.2, 0.25) is 0 Å². The predicted molar refractivity (Wildman–Crippen MR) is 208 cm³/mol. The van der Waals surface area contributed by atoms with Gasteiger partial charge >= 0.3 is 32.3 Å². The summed E-state index contributed by atoms with van der Waals surface area (Å²) >= 11 is 0. The summed E-state index contributed by atoms with van der Waals surface area (Å²) in [7, 11) is -8.39. The molecule has 7 aromatic carbocycles. The van der Waals surface area contributed by atoms with E-state index >= 15 is 0 Å². The minimum Gasteiger partial charge on any atom is -0.379 e. The van der Waals surface area contributed by atoms with Crippen LogP contribution in [0.1, 0.15) is 0 Å². The van der Waals surface area contributed by atoms with Crippen LogP contribution >= 0.6 is 0 Å². The van der Waals surface area contributed by atoms with E-state index in [0.29, 0.717) is 22.1 Å². The standard InChI is InChI=1S/C40H30N4O8S2/c45-39(43-31-16-8-18-33(25-31)51-53(47,48)37-22-5-12-27-10-1-3-20-35(27)37)41-29-14-7-15-30(24-29)42-40(46)44-32-17-9-19-34(26-32)52-54(49,50)38-23-6-13-28-11-2-4-21-36(28)38/h1-26H,(H2,41,43,45)(H2,42,44,46). The van der Waals surface area contributed by atoms with Crippen molar-refractivity contribution < 1.29 is 34.8 Å². The van der Waals surface area contributed by atoms with Gasteiger partial charge in [0, 0.05) is 45.7 Å². The number of rotatable bonds is 10. The van der Waals surface area contributed by atoms with Crippen molar-refractivity contribution in [3.8, 4) is 11.5 Å². The average Bonchev–Trinajstić information content (AvgIpc) is 3.14. The Morgan fingerprint density at radius 1 is 0.389 bits per heavy atom. The van der Waals surface area contributed by atoms with Gasteiger partial charge in [-0.05, 0) is 65.4 Å². The molecule has 0 saturated heterocycles. The van der Waals surface area contributed by atoms with Crippen LogP contribution in [-0.4, -0.2) is 28.9 Å². The van der Waals surface area contributed by atoms with Gasteiger partial charge in [-0.1, -0.05) is 91.0 Å². The highest BCUT2D eigenvalue weighted by atomic mass is 32.2. The fourth-order valence-electron chi connectivity index (χ4n) is 5.68. The van der Waals surface area contributed by atoms with E-state index in [0.717, 1.165) is 10.8 Å². The van der Waals surface area contributed by atoms with Crippen LogP contribution in [-0.2, 0) is 20.2 Å². The zero-order valence-corrected chi connectivity index (χ0v) is 29.7. The van der Waals surface area contributed by atoms with E-state index in [9.17, 15) is 26.4 Å². The topological polar surface area (TPSA) is 169 Å². The number of benzene rings is 7. The van der Waals surface area contributed by atoms with Crippen LogP contribution in [0.25, 0.3) is 21.5 Å². The molecule has 12 nitrogen and oxygen atoms in total. The lowest BCUT2D eigenvalue weighted by Crippen LogP contribution is -2.21. The van der Waals surface area contributed by atoms with Crippen molar-refractivity contribution in [1.29, 1.82) is 0 Å². The quantitative estimate of drug-likeness (QED) is 0.100. The normalized spacial score (nSPS) is 11.4. The van der Waals surface area contributed by atoms with Gasteiger partial charge in [0.25, 0.3) is 0 Å². The number of carbonyl (C=O) groups is 2. The maximum absolute atomic E-state index is 13.2. The summed E-state index contributed by atoms with van der Waals surface area (Å²) in [5, 5.41) is 13.2. The third kappa shape index (κ3) is 8.25. The molecule has 0 saturated carbocycles. The first-order valence-electron chi connectivity index (χ1n) is 16.3. The second kappa shape index (κ2) is 15.0. The molecule has 270 valence electrons. The maximum Gasteiger partial charge on any atom is 0.339 e. The molecule has 0 aliphatic heterocycles. The maximum atomic E-state index is 13.2. The first kappa shape index (κ1) is 35.5. The fourth-order valence-corrected chi connectivity index (χ4v) is 7.98. The zero-order valence-electron chi connectivity index (χ0n) is 28.1. The number of anilines is 4. The highest BCUT2D eigenvalue weighted by Gasteiger charge is 2.21. The molecule has 0 aromatic heterocycles. The zero-order chi connectivity index (χ0) is 37.7. The SMILES string of the molecule is O=C(Nc1cccc(NC(=O)Nc2cccc(OS(=O)(=O)c3cccc4ccccc34)c2)c1)Nc1cccc(OS(=O)(=O)c2cccc3ccccc23)c1. The molecule has 0 heterocycles. The van der Waals surface area contributed by atoms with Crippen molar-refractivity contribution >= 4 is 76.6 Å². The Hall–Kier alpha value is -6.90. The van der Waals surface area contributed by atoms with Crippen LogP contribution < -0.4 is 29.6 Å². The number of urea groups is 2.